The molecule has 1 aromatic carbocycles. The van der Waals surface area contributed by atoms with Crippen LogP contribution in [-0.4, -0.2) is 11.4 Å². The third kappa shape index (κ3) is 4.03. The summed E-state index contributed by atoms with van der Waals surface area (Å²) in [5.74, 6) is 0.464. The van der Waals surface area contributed by atoms with E-state index >= 15 is 0 Å². The lowest BCUT2D eigenvalue weighted by Crippen LogP contribution is -2.29. The summed E-state index contributed by atoms with van der Waals surface area (Å²) in [5, 5.41) is 0.712. The molecule has 1 fully saturated rings. The minimum Gasteiger partial charge on any atom is -0.369 e. The zero-order valence-electron chi connectivity index (χ0n) is 11.4. The number of halogens is 2. The second kappa shape index (κ2) is 7.39. The van der Waals surface area contributed by atoms with Crippen LogP contribution in [0.3, 0.4) is 0 Å². The van der Waals surface area contributed by atoms with Crippen molar-refractivity contribution in [1.82, 2.24) is 0 Å². The zero-order valence-corrected chi connectivity index (χ0v) is 13.0. The number of benzene rings is 1. The van der Waals surface area contributed by atoms with Crippen LogP contribution in [0.15, 0.2) is 24.3 Å². The highest BCUT2D eigenvalue weighted by atomic mass is 79.9. The van der Waals surface area contributed by atoms with Crippen molar-refractivity contribution in [2.75, 3.05) is 5.33 Å². The Kier molecular flexibility index (Phi) is 5.83. The normalized spacial score (nSPS) is 25.2. The zero-order chi connectivity index (χ0) is 13.7. The standard InChI is InChI=1S/C16H22BrFO/c1-2-12-6-3-4-9-15(12)19-16(11-17)13-7-5-8-14(18)10-13/h5,7-8,10,12,15-16H,2-4,6,9,11H2,1H3. The van der Waals surface area contributed by atoms with E-state index in [9.17, 15) is 4.39 Å². The fraction of sp³-hybridized carbons (Fsp3) is 0.625. The van der Waals surface area contributed by atoms with Gasteiger partial charge in [0, 0.05) is 5.33 Å². The lowest BCUT2D eigenvalue weighted by molar-refractivity contribution is -0.0525. The maximum atomic E-state index is 13.3. The Hall–Kier alpha value is -0.410. The van der Waals surface area contributed by atoms with Gasteiger partial charge in [0.25, 0.3) is 0 Å². The highest BCUT2D eigenvalue weighted by Crippen LogP contribution is 2.33. The van der Waals surface area contributed by atoms with Crippen LogP contribution in [-0.2, 0) is 4.74 Å². The first-order chi connectivity index (χ1) is 9.24. The summed E-state index contributed by atoms with van der Waals surface area (Å²) >= 11 is 3.50. The number of ether oxygens (including phenoxy) is 1. The van der Waals surface area contributed by atoms with Gasteiger partial charge in [-0.2, -0.15) is 0 Å². The summed E-state index contributed by atoms with van der Waals surface area (Å²) in [5.41, 5.74) is 0.928. The predicted molar refractivity (Wildman–Crippen MR) is 80.1 cm³/mol. The van der Waals surface area contributed by atoms with Crippen LogP contribution < -0.4 is 0 Å². The molecule has 2 rings (SSSR count). The van der Waals surface area contributed by atoms with E-state index in [4.69, 9.17) is 4.74 Å². The molecule has 3 heteroatoms. The van der Waals surface area contributed by atoms with Gasteiger partial charge in [-0.25, -0.2) is 4.39 Å². The second-order valence-corrected chi connectivity index (χ2v) is 5.97. The van der Waals surface area contributed by atoms with E-state index in [-0.39, 0.29) is 11.9 Å². The summed E-state index contributed by atoms with van der Waals surface area (Å²) < 4.78 is 19.6. The molecule has 0 aliphatic heterocycles. The van der Waals surface area contributed by atoms with Gasteiger partial charge in [-0.15, -0.1) is 0 Å². The number of hydrogen-bond donors (Lipinski definition) is 0. The first-order valence-electron chi connectivity index (χ1n) is 7.21. The number of alkyl halides is 1. The Morgan fingerprint density at radius 3 is 2.84 bits per heavy atom. The fourth-order valence-electron chi connectivity index (χ4n) is 2.94. The molecule has 106 valence electrons. The Bertz CT molecular complexity index is 396. The van der Waals surface area contributed by atoms with Gasteiger partial charge in [-0.1, -0.05) is 54.2 Å². The lowest BCUT2D eigenvalue weighted by Gasteiger charge is -2.33. The van der Waals surface area contributed by atoms with Crippen LogP contribution in [0, 0.1) is 11.7 Å². The van der Waals surface area contributed by atoms with Crippen LogP contribution in [0.2, 0.25) is 0 Å². The van der Waals surface area contributed by atoms with Gasteiger partial charge in [0.15, 0.2) is 0 Å². The second-order valence-electron chi connectivity index (χ2n) is 5.33. The topological polar surface area (TPSA) is 9.23 Å². The van der Waals surface area contributed by atoms with Crippen LogP contribution in [0.25, 0.3) is 0 Å². The highest BCUT2D eigenvalue weighted by Gasteiger charge is 2.27. The molecule has 0 spiro atoms. The van der Waals surface area contributed by atoms with Crippen LogP contribution >= 0.6 is 15.9 Å². The Balaban J connectivity index is 2.05. The Morgan fingerprint density at radius 2 is 2.16 bits per heavy atom. The molecule has 0 N–H and O–H groups in total. The van der Waals surface area contributed by atoms with Crippen molar-refractivity contribution in [3.8, 4) is 0 Å². The highest BCUT2D eigenvalue weighted by molar-refractivity contribution is 9.09. The van der Waals surface area contributed by atoms with E-state index in [1.54, 1.807) is 12.1 Å². The van der Waals surface area contributed by atoms with E-state index in [1.165, 1.54) is 31.7 Å². The van der Waals surface area contributed by atoms with Crippen molar-refractivity contribution in [3.05, 3.63) is 35.6 Å². The minimum atomic E-state index is -0.192. The summed E-state index contributed by atoms with van der Waals surface area (Å²) in [7, 11) is 0. The molecule has 1 nitrogen and oxygen atoms in total. The maximum Gasteiger partial charge on any atom is 0.123 e. The Labute approximate surface area is 123 Å². The summed E-state index contributed by atoms with van der Waals surface area (Å²) in [4.78, 5) is 0. The third-order valence-electron chi connectivity index (χ3n) is 4.06. The summed E-state index contributed by atoms with van der Waals surface area (Å²) in [6, 6.07) is 6.75. The van der Waals surface area contributed by atoms with Crippen molar-refractivity contribution in [2.24, 2.45) is 5.92 Å². The smallest absolute Gasteiger partial charge is 0.123 e. The van der Waals surface area contributed by atoms with Gasteiger partial charge < -0.3 is 4.74 Å². The molecular weight excluding hydrogens is 307 g/mol. The number of rotatable bonds is 5. The molecule has 0 aromatic heterocycles. The average Bonchev–Trinajstić information content (AvgIpc) is 2.45. The van der Waals surface area contributed by atoms with Crippen molar-refractivity contribution in [3.63, 3.8) is 0 Å². The van der Waals surface area contributed by atoms with Crippen LogP contribution in [0.5, 0.6) is 0 Å². The first kappa shape index (κ1) is 15.0. The van der Waals surface area contributed by atoms with Gasteiger partial charge in [-0.3, -0.25) is 0 Å². The van der Waals surface area contributed by atoms with E-state index < -0.39 is 0 Å². The lowest BCUT2D eigenvalue weighted by atomic mass is 9.84. The molecule has 1 aliphatic carbocycles. The molecule has 0 saturated heterocycles. The molecule has 1 saturated carbocycles. The summed E-state index contributed by atoms with van der Waals surface area (Å²) in [6.07, 6.45) is 6.41. The quantitative estimate of drug-likeness (QED) is 0.671. The first-order valence-corrected chi connectivity index (χ1v) is 8.33. The molecule has 3 unspecified atom stereocenters. The van der Waals surface area contributed by atoms with Gasteiger partial charge in [-0.05, 0) is 36.5 Å². The molecule has 0 bridgehead atoms. The molecule has 19 heavy (non-hydrogen) atoms. The van der Waals surface area contributed by atoms with Crippen LogP contribution in [0.1, 0.15) is 50.7 Å². The van der Waals surface area contributed by atoms with E-state index in [2.05, 4.69) is 22.9 Å². The van der Waals surface area contributed by atoms with Crippen molar-refractivity contribution >= 4 is 15.9 Å². The van der Waals surface area contributed by atoms with E-state index in [0.717, 1.165) is 12.0 Å². The molecule has 0 amide bonds. The van der Waals surface area contributed by atoms with Gasteiger partial charge in [0.1, 0.15) is 5.82 Å². The molecule has 0 radical (unpaired) electrons. The largest absolute Gasteiger partial charge is 0.369 e. The van der Waals surface area contributed by atoms with Crippen molar-refractivity contribution < 1.29 is 9.13 Å². The molecular formula is C16H22BrFO. The van der Waals surface area contributed by atoms with Crippen LogP contribution in [0.4, 0.5) is 4.39 Å². The average molecular weight is 329 g/mol. The van der Waals surface area contributed by atoms with Crippen molar-refractivity contribution in [2.45, 2.75) is 51.2 Å². The molecule has 0 heterocycles. The maximum absolute atomic E-state index is 13.3. The molecule has 3 atom stereocenters. The third-order valence-corrected chi connectivity index (χ3v) is 4.65. The molecule has 1 aromatic rings. The Morgan fingerprint density at radius 1 is 1.37 bits per heavy atom. The van der Waals surface area contributed by atoms with E-state index in [0.29, 0.717) is 17.4 Å². The minimum absolute atomic E-state index is 0.0483. The SMILES string of the molecule is CCC1CCCCC1OC(CBr)c1cccc(F)c1. The molecule has 1 aliphatic rings. The van der Waals surface area contributed by atoms with Gasteiger partial charge >= 0.3 is 0 Å². The monoisotopic (exact) mass is 328 g/mol. The van der Waals surface area contributed by atoms with Crippen molar-refractivity contribution in [1.29, 1.82) is 0 Å². The number of hydrogen-bond acceptors (Lipinski definition) is 1. The predicted octanol–water partition coefficient (Wildman–Crippen LogP) is 5.25. The van der Waals surface area contributed by atoms with Gasteiger partial charge in [0.2, 0.25) is 0 Å². The van der Waals surface area contributed by atoms with E-state index in [1.807, 2.05) is 6.07 Å². The summed E-state index contributed by atoms with van der Waals surface area (Å²) in [6.45, 7) is 2.23. The van der Waals surface area contributed by atoms with Gasteiger partial charge in [0.05, 0.1) is 12.2 Å². The fourth-order valence-corrected chi connectivity index (χ4v) is 3.47.